The summed E-state index contributed by atoms with van der Waals surface area (Å²) in [6.07, 6.45) is 6.58. The molecule has 1 aliphatic rings. The van der Waals surface area contributed by atoms with Crippen LogP contribution in [-0.2, 0) is 0 Å². The Labute approximate surface area is 174 Å². The molecule has 0 spiro atoms. The number of imidazole rings is 1. The number of aliphatic hydroxyl groups is 1. The number of aromatic amines is 1. The number of para-hydroxylation sites is 2. The Morgan fingerprint density at radius 2 is 1.83 bits per heavy atom. The Hall–Kier alpha value is -3.45. The van der Waals surface area contributed by atoms with E-state index in [4.69, 9.17) is 4.74 Å². The van der Waals surface area contributed by atoms with Crippen molar-refractivity contribution in [2.75, 3.05) is 5.32 Å². The Balaban J connectivity index is 1.30. The highest BCUT2D eigenvalue weighted by atomic mass is 16.5. The van der Waals surface area contributed by atoms with Gasteiger partial charge in [-0.05, 0) is 55.7 Å². The number of rotatable bonds is 5. The zero-order chi connectivity index (χ0) is 20.3. The van der Waals surface area contributed by atoms with Gasteiger partial charge in [-0.2, -0.15) is 0 Å². The minimum Gasteiger partial charge on any atom is -0.437 e. The maximum Gasteiger partial charge on any atom is 0.241 e. The minimum absolute atomic E-state index is 0.173. The number of aliphatic hydroxyl groups excluding tert-OH is 1. The van der Waals surface area contributed by atoms with Gasteiger partial charge in [0.15, 0.2) is 0 Å². The largest absolute Gasteiger partial charge is 0.437 e. The molecular weight excluding hydrogens is 378 g/mol. The van der Waals surface area contributed by atoms with E-state index in [2.05, 4.69) is 25.3 Å². The molecule has 30 heavy (non-hydrogen) atoms. The number of ether oxygens (including phenoxy) is 1. The lowest BCUT2D eigenvalue weighted by Gasteiger charge is -2.26. The van der Waals surface area contributed by atoms with Crippen molar-refractivity contribution in [2.24, 2.45) is 0 Å². The van der Waals surface area contributed by atoms with E-state index in [1.165, 1.54) is 0 Å². The summed E-state index contributed by atoms with van der Waals surface area (Å²) in [5.74, 6) is 2.06. The molecule has 0 aliphatic heterocycles. The third kappa shape index (κ3) is 3.97. The summed E-state index contributed by atoms with van der Waals surface area (Å²) >= 11 is 0. The van der Waals surface area contributed by atoms with Crippen LogP contribution in [0.2, 0.25) is 0 Å². The number of nitrogens with one attached hydrogen (secondary N) is 2. The Kier molecular flexibility index (Phi) is 5.03. The van der Waals surface area contributed by atoms with Gasteiger partial charge in [-0.15, -0.1) is 0 Å². The summed E-state index contributed by atoms with van der Waals surface area (Å²) in [7, 11) is 0. The molecule has 7 heteroatoms. The van der Waals surface area contributed by atoms with Gasteiger partial charge in [0.2, 0.25) is 11.8 Å². The lowest BCUT2D eigenvalue weighted by Crippen LogP contribution is -2.19. The number of hydrogen-bond donors (Lipinski definition) is 3. The molecule has 152 valence electrons. The topological polar surface area (TPSA) is 96.0 Å². The van der Waals surface area contributed by atoms with E-state index in [0.717, 1.165) is 41.7 Å². The second kappa shape index (κ2) is 8.12. The van der Waals surface area contributed by atoms with Crippen molar-refractivity contribution in [3.8, 4) is 11.6 Å². The van der Waals surface area contributed by atoms with Gasteiger partial charge in [-0.3, -0.25) is 4.98 Å². The van der Waals surface area contributed by atoms with Crippen LogP contribution in [0.4, 0.5) is 11.6 Å². The van der Waals surface area contributed by atoms with Gasteiger partial charge in [0.1, 0.15) is 11.4 Å². The number of fused-ring (bicyclic) bond motifs is 1. The zero-order valence-electron chi connectivity index (χ0n) is 16.5. The van der Waals surface area contributed by atoms with Gasteiger partial charge in [-0.25, -0.2) is 9.97 Å². The third-order valence-electron chi connectivity index (χ3n) is 5.45. The van der Waals surface area contributed by atoms with Crippen LogP contribution in [0.3, 0.4) is 0 Å². The Morgan fingerprint density at radius 1 is 1.00 bits per heavy atom. The second-order valence-electron chi connectivity index (χ2n) is 7.62. The molecule has 0 amide bonds. The molecule has 4 aromatic rings. The van der Waals surface area contributed by atoms with Crippen LogP contribution in [0.15, 0.2) is 60.9 Å². The maximum absolute atomic E-state index is 10.0. The first-order chi connectivity index (χ1) is 14.7. The molecule has 0 radical (unpaired) electrons. The summed E-state index contributed by atoms with van der Waals surface area (Å²) in [4.78, 5) is 16.7. The summed E-state index contributed by atoms with van der Waals surface area (Å²) < 4.78 is 6.04. The van der Waals surface area contributed by atoms with Crippen LogP contribution < -0.4 is 10.1 Å². The van der Waals surface area contributed by atoms with Crippen LogP contribution in [0.1, 0.15) is 37.3 Å². The van der Waals surface area contributed by atoms with Gasteiger partial charge in [-0.1, -0.05) is 18.6 Å². The predicted octanol–water partition coefficient (Wildman–Crippen LogP) is 4.91. The SMILES string of the molecule is O[C@H]1CCCC(c2nccnc2Oc2ccc(Nc3nc4ccccc4[nH]3)cc2)C1. The summed E-state index contributed by atoms with van der Waals surface area (Å²) in [5, 5.41) is 13.3. The Bertz CT molecular complexity index is 1110. The van der Waals surface area contributed by atoms with Crippen molar-refractivity contribution in [3.63, 3.8) is 0 Å². The molecule has 2 atom stereocenters. The zero-order valence-corrected chi connectivity index (χ0v) is 16.5. The number of hydrogen-bond acceptors (Lipinski definition) is 6. The normalized spacial score (nSPS) is 19.0. The molecule has 2 aromatic carbocycles. The Morgan fingerprint density at radius 3 is 2.67 bits per heavy atom. The van der Waals surface area contributed by atoms with Crippen molar-refractivity contribution >= 4 is 22.7 Å². The molecule has 2 heterocycles. The van der Waals surface area contributed by atoms with Crippen molar-refractivity contribution in [1.29, 1.82) is 0 Å². The minimum atomic E-state index is -0.276. The first kappa shape index (κ1) is 18.6. The molecule has 5 rings (SSSR count). The van der Waals surface area contributed by atoms with E-state index in [0.29, 0.717) is 24.0 Å². The highest BCUT2D eigenvalue weighted by Gasteiger charge is 2.26. The number of H-pyrrole nitrogens is 1. The average molecular weight is 401 g/mol. The van der Waals surface area contributed by atoms with E-state index < -0.39 is 0 Å². The number of nitrogens with zero attached hydrogens (tertiary/aromatic N) is 3. The van der Waals surface area contributed by atoms with Gasteiger partial charge < -0.3 is 20.1 Å². The summed E-state index contributed by atoms with van der Waals surface area (Å²) in [6.45, 7) is 0. The molecule has 7 nitrogen and oxygen atoms in total. The summed E-state index contributed by atoms with van der Waals surface area (Å²) in [5.41, 5.74) is 3.63. The van der Waals surface area contributed by atoms with Crippen LogP contribution in [-0.4, -0.2) is 31.1 Å². The number of aromatic nitrogens is 4. The standard InChI is InChI=1S/C23H23N5O2/c29-17-5-3-4-15(14-17)21-22(25-13-12-24-21)30-18-10-8-16(9-11-18)26-23-27-19-6-1-2-7-20(19)28-23/h1-2,6-13,15,17,29H,3-5,14H2,(H2,26,27,28)/t15?,17-/m0/s1. The van der Waals surface area contributed by atoms with Gasteiger partial charge in [0, 0.05) is 24.0 Å². The lowest BCUT2D eigenvalue weighted by atomic mass is 9.85. The van der Waals surface area contributed by atoms with Crippen molar-refractivity contribution in [3.05, 3.63) is 66.6 Å². The van der Waals surface area contributed by atoms with E-state index in [1.54, 1.807) is 12.4 Å². The van der Waals surface area contributed by atoms with Crippen LogP contribution >= 0.6 is 0 Å². The van der Waals surface area contributed by atoms with E-state index >= 15 is 0 Å². The van der Waals surface area contributed by atoms with Crippen LogP contribution in [0.25, 0.3) is 11.0 Å². The third-order valence-corrected chi connectivity index (χ3v) is 5.45. The maximum atomic E-state index is 10.0. The molecule has 1 saturated carbocycles. The van der Waals surface area contributed by atoms with E-state index in [-0.39, 0.29) is 12.0 Å². The molecular formula is C23H23N5O2. The quantitative estimate of drug-likeness (QED) is 0.440. The molecule has 1 unspecified atom stereocenters. The fraction of sp³-hybridized carbons (Fsp3) is 0.261. The lowest BCUT2D eigenvalue weighted by molar-refractivity contribution is 0.118. The van der Waals surface area contributed by atoms with E-state index in [9.17, 15) is 5.11 Å². The molecule has 1 fully saturated rings. The number of anilines is 2. The fourth-order valence-corrected chi connectivity index (χ4v) is 3.97. The first-order valence-electron chi connectivity index (χ1n) is 10.2. The highest BCUT2D eigenvalue weighted by molar-refractivity contribution is 5.78. The predicted molar refractivity (Wildman–Crippen MR) is 115 cm³/mol. The smallest absolute Gasteiger partial charge is 0.241 e. The molecule has 1 aliphatic carbocycles. The van der Waals surface area contributed by atoms with Crippen LogP contribution in [0.5, 0.6) is 11.6 Å². The van der Waals surface area contributed by atoms with Gasteiger partial charge in [0.05, 0.1) is 17.1 Å². The van der Waals surface area contributed by atoms with Crippen LogP contribution in [0, 0.1) is 0 Å². The van der Waals surface area contributed by atoms with Gasteiger partial charge >= 0.3 is 0 Å². The molecule has 0 saturated heterocycles. The second-order valence-corrected chi connectivity index (χ2v) is 7.62. The van der Waals surface area contributed by atoms with E-state index in [1.807, 2.05) is 48.5 Å². The monoisotopic (exact) mass is 401 g/mol. The first-order valence-corrected chi connectivity index (χ1v) is 10.2. The molecule has 3 N–H and O–H groups in total. The van der Waals surface area contributed by atoms with Crippen molar-refractivity contribution < 1.29 is 9.84 Å². The fourth-order valence-electron chi connectivity index (χ4n) is 3.97. The summed E-state index contributed by atoms with van der Waals surface area (Å²) in [6, 6.07) is 15.6. The highest BCUT2D eigenvalue weighted by Crippen LogP contribution is 2.36. The van der Waals surface area contributed by atoms with Crippen molar-refractivity contribution in [2.45, 2.75) is 37.7 Å². The van der Waals surface area contributed by atoms with Gasteiger partial charge in [0.25, 0.3) is 0 Å². The molecule has 2 aromatic heterocycles. The molecule has 0 bridgehead atoms. The van der Waals surface area contributed by atoms with Crippen molar-refractivity contribution in [1.82, 2.24) is 19.9 Å². The number of benzene rings is 2. The average Bonchev–Trinajstić information content (AvgIpc) is 3.18.